The first-order valence-electron chi connectivity index (χ1n) is 5.82. The van der Waals surface area contributed by atoms with Crippen molar-refractivity contribution in [1.29, 1.82) is 0 Å². The number of hydrogen-bond donors (Lipinski definition) is 2. The summed E-state index contributed by atoms with van der Waals surface area (Å²) in [6.45, 7) is 0.0419. The molecule has 3 rings (SSSR count). The van der Waals surface area contributed by atoms with E-state index in [0.717, 1.165) is 12.8 Å². The van der Waals surface area contributed by atoms with Crippen LogP contribution >= 0.6 is 0 Å². The van der Waals surface area contributed by atoms with Crippen molar-refractivity contribution in [1.82, 2.24) is 19.5 Å². The third kappa shape index (κ3) is 2.36. The number of nitrogens with two attached hydrogens (primary N) is 1. The lowest BCUT2D eigenvalue weighted by atomic mass is 10.2. The van der Waals surface area contributed by atoms with Gasteiger partial charge in [0.15, 0.2) is 11.5 Å². The van der Waals surface area contributed by atoms with Gasteiger partial charge in [-0.25, -0.2) is 15.0 Å². The maximum Gasteiger partial charge on any atom is 0.167 e. The highest BCUT2D eigenvalue weighted by atomic mass is 16.5. The quantitative estimate of drug-likeness (QED) is 0.756. The van der Waals surface area contributed by atoms with Crippen LogP contribution in [-0.4, -0.2) is 37.3 Å². The zero-order valence-corrected chi connectivity index (χ0v) is 10.3. The van der Waals surface area contributed by atoms with Gasteiger partial charge in [-0.1, -0.05) is 0 Å². The van der Waals surface area contributed by atoms with Gasteiger partial charge in [0.2, 0.25) is 0 Å². The van der Waals surface area contributed by atoms with Crippen LogP contribution in [0.3, 0.4) is 0 Å². The molecule has 3 heterocycles. The van der Waals surface area contributed by atoms with E-state index in [0.29, 0.717) is 17.0 Å². The average Bonchev–Trinajstić information content (AvgIpc) is 3.07. The van der Waals surface area contributed by atoms with Crippen LogP contribution < -0.4 is 5.73 Å². The van der Waals surface area contributed by atoms with E-state index < -0.39 is 0 Å². The fourth-order valence-corrected chi connectivity index (χ4v) is 2.11. The van der Waals surface area contributed by atoms with E-state index in [4.69, 9.17) is 15.6 Å². The molecule has 2 aromatic heterocycles. The van der Waals surface area contributed by atoms with Gasteiger partial charge in [-0.3, -0.25) is 4.57 Å². The second-order valence-electron chi connectivity index (χ2n) is 4.06. The van der Waals surface area contributed by atoms with Crippen molar-refractivity contribution in [3.63, 3.8) is 0 Å². The van der Waals surface area contributed by atoms with Gasteiger partial charge in [-0.05, 0) is 12.8 Å². The number of aromatic nitrogens is 4. The maximum absolute atomic E-state index is 9.04. The Morgan fingerprint density at radius 2 is 2.16 bits per heavy atom. The number of hydrogen-bond acceptors (Lipinski definition) is 6. The number of rotatable bonds is 2. The number of terminal acetylenes is 1. The molecule has 1 fully saturated rings. The van der Waals surface area contributed by atoms with Crippen molar-refractivity contribution >= 4 is 17.0 Å². The summed E-state index contributed by atoms with van der Waals surface area (Å²) >= 11 is 0. The van der Waals surface area contributed by atoms with Crippen LogP contribution in [0.5, 0.6) is 0 Å². The molecule has 0 aliphatic carbocycles. The van der Waals surface area contributed by atoms with E-state index in [1.165, 1.54) is 6.33 Å². The topological polar surface area (TPSA) is 99.1 Å². The molecule has 0 spiro atoms. The smallest absolute Gasteiger partial charge is 0.167 e. The monoisotopic (exact) mass is 261 g/mol. The molecule has 7 nitrogen and oxygen atoms in total. The van der Waals surface area contributed by atoms with Gasteiger partial charge in [-0.2, -0.15) is 0 Å². The molecule has 2 atom stereocenters. The van der Waals surface area contributed by atoms with Crippen LogP contribution in [-0.2, 0) is 4.74 Å². The molecule has 19 heavy (non-hydrogen) atoms. The largest absolute Gasteiger partial charge is 0.394 e. The summed E-state index contributed by atoms with van der Waals surface area (Å²) in [6, 6.07) is 0. The molecule has 1 saturated heterocycles. The third-order valence-corrected chi connectivity index (χ3v) is 2.99. The van der Waals surface area contributed by atoms with Gasteiger partial charge < -0.3 is 15.6 Å². The molecule has 0 amide bonds. The molecule has 2 aromatic rings. The fourth-order valence-electron chi connectivity index (χ4n) is 2.11. The van der Waals surface area contributed by atoms with E-state index in [1.54, 1.807) is 6.33 Å². The van der Waals surface area contributed by atoms with E-state index in [2.05, 4.69) is 27.8 Å². The summed E-state index contributed by atoms with van der Waals surface area (Å²) in [6.07, 6.45) is 12.5. The molecular weight excluding hydrogens is 246 g/mol. The summed E-state index contributed by atoms with van der Waals surface area (Å²) in [5.74, 6) is 0.366. The minimum absolute atomic E-state index is 0.0419. The Morgan fingerprint density at radius 1 is 1.37 bits per heavy atom. The van der Waals surface area contributed by atoms with Crippen molar-refractivity contribution in [2.75, 3.05) is 12.3 Å². The Kier molecular flexibility index (Phi) is 3.94. The Labute approximate surface area is 110 Å². The van der Waals surface area contributed by atoms with Crippen molar-refractivity contribution in [3.8, 4) is 12.8 Å². The first-order chi connectivity index (χ1) is 9.29. The zero-order chi connectivity index (χ0) is 13.8. The molecule has 1 aliphatic heterocycles. The van der Waals surface area contributed by atoms with Crippen LogP contribution in [0.25, 0.3) is 11.2 Å². The van der Waals surface area contributed by atoms with Crippen molar-refractivity contribution in [3.05, 3.63) is 12.7 Å². The Bertz CT molecular complexity index is 580. The second kappa shape index (κ2) is 5.65. The number of ether oxygens (including phenoxy) is 1. The Balaban J connectivity index is 0.000000637. The standard InChI is InChI=1S/C10H13N5O2.C2H2/c11-9-8-10(13-4-12-9)15(5-14-8)7-2-1-6(3-16)17-7;1-2/h4-7,16H,1-3H2,(H2,11,12,13);1-2H. The fraction of sp³-hybridized carbons (Fsp3) is 0.417. The summed E-state index contributed by atoms with van der Waals surface area (Å²) in [5.41, 5.74) is 6.97. The highest BCUT2D eigenvalue weighted by molar-refractivity contribution is 5.81. The van der Waals surface area contributed by atoms with Crippen molar-refractivity contribution in [2.45, 2.75) is 25.2 Å². The minimum atomic E-state index is -0.133. The van der Waals surface area contributed by atoms with Crippen molar-refractivity contribution in [2.24, 2.45) is 0 Å². The molecule has 3 N–H and O–H groups in total. The molecule has 0 radical (unpaired) electrons. The summed E-state index contributed by atoms with van der Waals surface area (Å²) in [7, 11) is 0. The van der Waals surface area contributed by atoms with Crippen LogP contribution in [0.1, 0.15) is 19.1 Å². The van der Waals surface area contributed by atoms with Crippen LogP contribution in [0.15, 0.2) is 12.7 Å². The second-order valence-corrected chi connectivity index (χ2v) is 4.06. The first-order valence-corrected chi connectivity index (χ1v) is 5.82. The Hall–Kier alpha value is -2.17. The van der Waals surface area contributed by atoms with E-state index in [-0.39, 0.29) is 18.9 Å². The van der Waals surface area contributed by atoms with Gasteiger partial charge in [-0.15, -0.1) is 12.8 Å². The lowest BCUT2D eigenvalue weighted by molar-refractivity contribution is -0.0207. The normalized spacial score (nSPS) is 22.1. The lowest BCUT2D eigenvalue weighted by Crippen LogP contribution is -2.14. The number of imidazole rings is 1. The molecule has 7 heteroatoms. The summed E-state index contributed by atoms with van der Waals surface area (Å²) < 4.78 is 7.51. The van der Waals surface area contributed by atoms with Crippen molar-refractivity contribution < 1.29 is 9.84 Å². The van der Waals surface area contributed by atoms with E-state index in [1.807, 2.05) is 4.57 Å². The molecule has 0 saturated carbocycles. The zero-order valence-electron chi connectivity index (χ0n) is 10.3. The highest BCUT2D eigenvalue weighted by Gasteiger charge is 2.27. The van der Waals surface area contributed by atoms with Gasteiger partial charge in [0.1, 0.15) is 18.1 Å². The van der Waals surface area contributed by atoms with Crippen LogP contribution in [0.4, 0.5) is 5.82 Å². The van der Waals surface area contributed by atoms with Gasteiger partial charge in [0.05, 0.1) is 19.0 Å². The average molecular weight is 261 g/mol. The van der Waals surface area contributed by atoms with Crippen LogP contribution in [0, 0.1) is 12.8 Å². The number of nitrogens with zero attached hydrogens (tertiary/aromatic N) is 4. The molecule has 1 aliphatic rings. The lowest BCUT2D eigenvalue weighted by Gasteiger charge is -2.13. The summed E-state index contributed by atoms with van der Waals surface area (Å²) in [4.78, 5) is 12.2. The molecule has 0 aromatic carbocycles. The minimum Gasteiger partial charge on any atom is -0.394 e. The molecular formula is C12H15N5O2. The number of aliphatic hydroxyl groups is 1. The predicted molar refractivity (Wildman–Crippen MR) is 69.9 cm³/mol. The molecule has 0 bridgehead atoms. The molecule has 2 unspecified atom stereocenters. The summed E-state index contributed by atoms with van der Waals surface area (Å²) in [5, 5.41) is 9.04. The van der Waals surface area contributed by atoms with Gasteiger partial charge in [0.25, 0.3) is 0 Å². The number of anilines is 1. The SMILES string of the molecule is C#C.Nc1ncnc2c1ncn2C1CCC(CO)O1. The van der Waals surface area contributed by atoms with Crippen LogP contribution in [0.2, 0.25) is 0 Å². The maximum atomic E-state index is 9.04. The number of nitrogen functional groups attached to an aromatic ring is 1. The Morgan fingerprint density at radius 3 is 2.84 bits per heavy atom. The van der Waals surface area contributed by atoms with E-state index >= 15 is 0 Å². The van der Waals surface area contributed by atoms with E-state index in [9.17, 15) is 0 Å². The first kappa shape index (κ1) is 13.3. The molecule has 100 valence electrons. The van der Waals surface area contributed by atoms with Gasteiger partial charge in [0, 0.05) is 0 Å². The predicted octanol–water partition coefficient (Wildman–Crippen LogP) is 0.328. The number of fused-ring (bicyclic) bond motifs is 1. The number of aliphatic hydroxyl groups excluding tert-OH is 1. The third-order valence-electron chi connectivity index (χ3n) is 2.99. The van der Waals surface area contributed by atoms with Gasteiger partial charge >= 0.3 is 0 Å². The highest BCUT2D eigenvalue weighted by Crippen LogP contribution is 2.30.